The molecule has 0 saturated carbocycles. The lowest BCUT2D eigenvalue weighted by Gasteiger charge is -2.12. The van der Waals surface area contributed by atoms with E-state index in [1.807, 2.05) is 45.9 Å². The van der Waals surface area contributed by atoms with Crippen LogP contribution in [0.2, 0.25) is 0 Å². The van der Waals surface area contributed by atoms with E-state index in [0.29, 0.717) is 19.0 Å². The van der Waals surface area contributed by atoms with Crippen molar-refractivity contribution in [2.24, 2.45) is 0 Å². The topological polar surface area (TPSA) is 76.4 Å². The monoisotopic (exact) mass is 317 g/mol. The smallest absolute Gasteiger partial charge is 0.319 e. The van der Waals surface area contributed by atoms with Gasteiger partial charge in [0.05, 0.1) is 18.4 Å². The second-order valence-corrected chi connectivity index (χ2v) is 5.62. The number of urea groups is 1. The molecule has 0 aliphatic carbocycles. The molecule has 0 aliphatic rings. The first-order valence-corrected chi connectivity index (χ1v) is 7.65. The molecule has 6 heteroatoms. The van der Waals surface area contributed by atoms with Crippen molar-refractivity contribution in [3.05, 3.63) is 35.7 Å². The Kier molecular flexibility index (Phi) is 5.76. The zero-order chi connectivity index (χ0) is 16.8. The van der Waals surface area contributed by atoms with Crippen molar-refractivity contribution in [1.29, 1.82) is 0 Å². The Morgan fingerprint density at radius 3 is 2.78 bits per heavy atom. The van der Waals surface area contributed by atoms with E-state index in [2.05, 4.69) is 15.6 Å². The Bertz CT molecular complexity index is 665. The second-order valence-electron chi connectivity index (χ2n) is 5.62. The summed E-state index contributed by atoms with van der Waals surface area (Å²) in [6.45, 7) is 8.66. The summed E-state index contributed by atoms with van der Waals surface area (Å²) in [7, 11) is 0. The number of ether oxygens (including phenoxy) is 1. The average Bonchev–Trinajstić information content (AvgIpc) is 2.92. The van der Waals surface area contributed by atoms with Crippen molar-refractivity contribution in [3.8, 4) is 11.5 Å². The molecule has 1 heterocycles. The maximum absolute atomic E-state index is 11.9. The molecule has 0 atom stereocenters. The minimum Gasteiger partial charge on any atom is -0.444 e. The molecular weight excluding hydrogens is 294 g/mol. The molecule has 2 aromatic rings. The van der Waals surface area contributed by atoms with Crippen LogP contribution in [0.3, 0.4) is 0 Å². The predicted octanol–water partition coefficient (Wildman–Crippen LogP) is 3.50. The van der Waals surface area contributed by atoms with Crippen LogP contribution >= 0.6 is 0 Å². The first kappa shape index (κ1) is 17.0. The minimum atomic E-state index is -0.263. The molecule has 0 saturated heterocycles. The van der Waals surface area contributed by atoms with Crippen LogP contribution in [0.4, 0.5) is 10.5 Å². The van der Waals surface area contributed by atoms with Gasteiger partial charge in [0.1, 0.15) is 6.26 Å². The Morgan fingerprint density at radius 1 is 1.35 bits per heavy atom. The third-order valence-corrected chi connectivity index (χ3v) is 3.19. The number of hydrogen-bond donors (Lipinski definition) is 2. The molecule has 0 spiro atoms. The van der Waals surface area contributed by atoms with Gasteiger partial charge in [0.2, 0.25) is 5.89 Å². The van der Waals surface area contributed by atoms with E-state index in [1.165, 1.54) is 0 Å². The van der Waals surface area contributed by atoms with E-state index in [1.54, 1.807) is 6.26 Å². The quantitative estimate of drug-likeness (QED) is 0.799. The molecule has 6 nitrogen and oxygen atoms in total. The lowest BCUT2D eigenvalue weighted by molar-refractivity contribution is 0.0820. The van der Waals surface area contributed by atoms with Crippen molar-refractivity contribution in [3.63, 3.8) is 0 Å². The van der Waals surface area contributed by atoms with E-state index in [9.17, 15) is 4.79 Å². The van der Waals surface area contributed by atoms with Gasteiger partial charge in [-0.25, -0.2) is 9.78 Å². The normalized spacial score (nSPS) is 10.8. The molecule has 0 radical (unpaired) electrons. The van der Waals surface area contributed by atoms with Gasteiger partial charge < -0.3 is 19.8 Å². The lowest BCUT2D eigenvalue weighted by Crippen LogP contribution is -2.32. The summed E-state index contributed by atoms with van der Waals surface area (Å²) in [4.78, 5) is 16.2. The number of hydrogen-bond acceptors (Lipinski definition) is 4. The molecule has 2 N–H and O–H groups in total. The summed E-state index contributed by atoms with van der Waals surface area (Å²) in [5, 5.41) is 5.60. The summed E-state index contributed by atoms with van der Waals surface area (Å²) < 4.78 is 10.8. The highest BCUT2D eigenvalue weighted by atomic mass is 16.5. The van der Waals surface area contributed by atoms with Crippen molar-refractivity contribution >= 4 is 11.7 Å². The van der Waals surface area contributed by atoms with Crippen LogP contribution < -0.4 is 10.6 Å². The fourth-order valence-electron chi connectivity index (χ4n) is 2.00. The van der Waals surface area contributed by atoms with Gasteiger partial charge >= 0.3 is 6.03 Å². The maximum Gasteiger partial charge on any atom is 0.319 e. The number of amides is 2. The molecule has 0 fully saturated rings. The Hall–Kier alpha value is -2.34. The fourth-order valence-corrected chi connectivity index (χ4v) is 2.00. The van der Waals surface area contributed by atoms with Crippen molar-refractivity contribution in [2.75, 3.05) is 18.5 Å². The molecule has 1 aromatic carbocycles. The molecule has 23 heavy (non-hydrogen) atoms. The van der Waals surface area contributed by atoms with Gasteiger partial charge in [-0.3, -0.25) is 0 Å². The van der Waals surface area contributed by atoms with Crippen LogP contribution in [0.5, 0.6) is 0 Å². The highest BCUT2D eigenvalue weighted by Crippen LogP contribution is 2.24. The van der Waals surface area contributed by atoms with Gasteiger partial charge in [0.15, 0.2) is 0 Å². The van der Waals surface area contributed by atoms with Crippen molar-refractivity contribution < 1.29 is 13.9 Å². The maximum atomic E-state index is 11.9. The van der Waals surface area contributed by atoms with Crippen LogP contribution in [0, 0.1) is 13.8 Å². The largest absolute Gasteiger partial charge is 0.444 e. The number of nitrogens with one attached hydrogen (secondary N) is 2. The summed E-state index contributed by atoms with van der Waals surface area (Å²) >= 11 is 0. The molecule has 2 amide bonds. The second kappa shape index (κ2) is 7.78. The Labute approximate surface area is 136 Å². The molecule has 0 unspecified atom stereocenters. The minimum absolute atomic E-state index is 0.156. The number of oxazole rings is 1. The lowest BCUT2D eigenvalue weighted by atomic mass is 10.1. The zero-order valence-corrected chi connectivity index (χ0v) is 14.0. The molecule has 1 aromatic heterocycles. The van der Waals surface area contributed by atoms with E-state index in [4.69, 9.17) is 9.15 Å². The van der Waals surface area contributed by atoms with Crippen molar-refractivity contribution in [1.82, 2.24) is 10.3 Å². The fraction of sp³-hybridized carbons (Fsp3) is 0.412. The molecule has 0 aliphatic heterocycles. The van der Waals surface area contributed by atoms with Gasteiger partial charge in [-0.1, -0.05) is 6.07 Å². The summed E-state index contributed by atoms with van der Waals surface area (Å²) in [6.07, 6.45) is 1.76. The van der Waals surface area contributed by atoms with Crippen LogP contribution in [-0.4, -0.2) is 30.3 Å². The first-order chi connectivity index (χ1) is 11.0. The van der Waals surface area contributed by atoms with Crippen molar-refractivity contribution in [2.45, 2.75) is 33.8 Å². The number of carbonyl (C=O) groups is 1. The third-order valence-electron chi connectivity index (χ3n) is 3.19. The highest BCUT2D eigenvalue weighted by molar-refractivity contribution is 5.90. The van der Waals surface area contributed by atoms with Crippen LogP contribution in [-0.2, 0) is 4.74 Å². The van der Waals surface area contributed by atoms with Gasteiger partial charge in [0, 0.05) is 17.8 Å². The summed E-state index contributed by atoms with van der Waals surface area (Å²) in [6, 6.07) is 5.43. The van der Waals surface area contributed by atoms with E-state index >= 15 is 0 Å². The van der Waals surface area contributed by atoms with Gasteiger partial charge in [0.25, 0.3) is 0 Å². The number of anilines is 1. The number of rotatable bonds is 6. The van der Waals surface area contributed by atoms with E-state index in [0.717, 1.165) is 22.5 Å². The van der Waals surface area contributed by atoms with Crippen LogP contribution in [0.25, 0.3) is 11.5 Å². The summed E-state index contributed by atoms with van der Waals surface area (Å²) in [5.74, 6) is 0.538. The van der Waals surface area contributed by atoms with Gasteiger partial charge in [-0.2, -0.15) is 0 Å². The summed E-state index contributed by atoms with van der Waals surface area (Å²) in [5.41, 5.74) is 3.33. The molecule has 2 rings (SSSR count). The third kappa shape index (κ3) is 5.10. The Morgan fingerprint density at radius 2 is 2.13 bits per heavy atom. The Balaban J connectivity index is 1.97. The SMILES string of the molecule is Cc1coc(-c2ccc(C)c(NC(=O)NCCOC(C)C)c2)n1. The number of aromatic nitrogens is 1. The van der Waals surface area contributed by atoms with Gasteiger partial charge in [-0.05, 0) is 45.4 Å². The predicted molar refractivity (Wildman–Crippen MR) is 89.5 cm³/mol. The standard InChI is InChI=1S/C17H23N3O3/c1-11(2)22-8-7-18-17(21)20-15-9-14(6-5-12(15)3)16-19-13(4)10-23-16/h5-6,9-11H,7-8H2,1-4H3,(H2,18,20,21). The van der Waals surface area contributed by atoms with Crippen LogP contribution in [0.15, 0.2) is 28.9 Å². The zero-order valence-electron chi connectivity index (χ0n) is 14.0. The highest BCUT2D eigenvalue weighted by Gasteiger charge is 2.09. The number of carbonyl (C=O) groups excluding carboxylic acids is 1. The number of nitrogens with zero attached hydrogens (tertiary/aromatic N) is 1. The molecule has 0 bridgehead atoms. The molecular formula is C17H23N3O3. The average molecular weight is 317 g/mol. The first-order valence-electron chi connectivity index (χ1n) is 7.65. The van der Waals surface area contributed by atoms with Crippen LogP contribution in [0.1, 0.15) is 25.1 Å². The van der Waals surface area contributed by atoms with Gasteiger partial charge in [-0.15, -0.1) is 0 Å². The molecule has 124 valence electrons. The number of benzene rings is 1. The van der Waals surface area contributed by atoms with E-state index in [-0.39, 0.29) is 12.1 Å². The van der Waals surface area contributed by atoms with E-state index < -0.39 is 0 Å². The number of aryl methyl sites for hydroxylation is 2.